The fourth-order valence-electron chi connectivity index (χ4n) is 1.88. The van der Waals surface area contributed by atoms with Crippen molar-refractivity contribution in [3.63, 3.8) is 0 Å². The third-order valence-corrected chi connectivity index (χ3v) is 3.05. The quantitative estimate of drug-likeness (QED) is 0.821. The number of hydrogen-bond donors (Lipinski definition) is 2. The van der Waals surface area contributed by atoms with Crippen molar-refractivity contribution in [3.05, 3.63) is 29.6 Å². The molecule has 1 aliphatic carbocycles. The van der Waals surface area contributed by atoms with Crippen molar-refractivity contribution < 1.29 is 27.9 Å². The minimum atomic E-state index is -1.61. The molecule has 21 heavy (non-hydrogen) atoms. The molecule has 5 nitrogen and oxygen atoms in total. The molecule has 0 radical (unpaired) electrons. The zero-order valence-electron chi connectivity index (χ0n) is 10.9. The van der Waals surface area contributed by atoms with E-state index < -0.39 is 29.5 Å². The summed E-state index contributed by atoms with van der Waals surface area (Å²) in [7, 11) is 0. The molecule has 0 aromatic heterocycles. The number of aliphatic carboxylic acids is 1. The van der Waals surface area contributed by atoms with Gasteiger partial charge in [-0.15, -0.1) is 0 Å². The van der Waals surface area contributed by atoms with Crippen molar-refractivity contribution in [1.82, 2.24) is 4.90 Å². The lowest BCUT2D eigenvalue weighted by Gasteiger charge is -2.22. The van der Waals surface area contributed by atoms with Crippen LogP contribution < -0.4 is 5.32 Å². The first kappa shape index (κ1) is 15.1. The maximum Gasteiger partial charge on any atom is 0.322 e. The Labute approximate surface area is 118 Å². The van der Waals surface area contributed by atoms with E-state index in [1.165, 1.54) is 4.90 Å². The highest BCUT2D eigenvalue weighted by Gasteiger charge is 2.32. The molecule has 0 heterocycles. The summed E-state index contributed by atoms with van der Waals surface area (Å²) in [5.41, 5.74) is -0.225. The van der Waals surface area contributed by atoms with E-state index in [-0.39, 0.29) is 24.7 Å². The molecule has 0 aliphatic heterocycles. The maximum atomic E-state index is 13.1. The number of carbonyl (C=O) groups excluding carboxylic acids is 1. The van der Waals surface area contributed by atoms with Crippen LogP contribution in [-0.2, 0) is 4.79 Å². The Bertz CT molecular complexity index is 553. The lowest BCUT2D eigenvalue weighted by atomic mass is 10.3. The SMILES string of the molecule is O=C(O)CCN(C(=O)Nc1cc(F)c(F)c(F)c1)C1CC1. The van der Waals surface area contributed by atoms with Gasteiger partial charge in [0, 0.05) is 30.4 Å². The summed E-state index contributed by atoms with van der Waals surface area (Å²) in [6.45, 7) is -0.00199. The normalized spacial score (nSPS) is 13.9. The Kier molecular flexibility index (Phi) is 4.35. The number of benzene rings is 1. The highest BCUT2D eigenvalue weighted by molar-refractivity contribution is 5.90. The van der Waals surface area contributed by atoms with E-state index in [0.717, 1.165) is 12.8 Å². The molecule has 1 saturated carbocycles. The zero-order chi connectivity index (χ0) is 15.6. The van der Waals surface area contributed by atoms with Crippen molar-refractivity contribution in [3.8, 4) is 0 Å². The monoisotopic (exact) mass is 302 g/mol. The first-order valence-corrected chi connectivity index (χ1v) is 6.32. The average Bonchev–Trinajstić information content (AvgIpc) is 3.20. The van der Waals surface area contributed by atoms with E-state index in [2.05, 4.69) is 5.32 Å². The van der Waals surface area contributed by atoms with Gasteiger partial charge in [0.15, 0.2) is 17.5 Å². The van der Waals surface area contributed by atoms with Crippen LogP contribution in [0.25, 0.3) is 0 Å². The number of hydrogen-bond acceptors (Lipinski definition) is 2. The van der Waals surface area contributed by atoms with E-state index in [0.29, 0.717) is 12.1 Å². The Morgan fingerprint density at radius 1 is 1.24 bits per heavy atom. The van der Waals surface area contributed by atoms with Gasteiger partial charge in [0.1, 0.15) is 0 Å². The van der Waals surface area contributed by atoms with Crippen LogP contribution in [0.3, 0.4) is 0 Å². The third-order valence-electron chi connectivity index (χ3n) is 3.05. The maximum absolute atomic E-state index is 13.1. The van der Waals surface area contributed by atoms with Crippen molar-refractivity contribution >= 4 is 17.7 Å². The summed E-state index contributed by atoms with van der Waals surface area (Å²) < 4.78 is 38.9. The van der Waals surface area contributed by atoms with Gasteiger partial charge in [-0.1, -0.05) is 0 Å². The molecule has 2 amide bonds. The zero-order valence-corrected chi connectivity index (χ0v) is 10.9. The Hall–Kier alpha value is -2.25. The number of nitrogens with zero attached hydrogens (tertiary/aromatic N) is 1. The molecule has 1 aromatic carbocycles. The number of amides is 2. The molecule has 2 rings (SSSR count). The highest BCUT2D eigenvalue weighted by Crippen LogP contribution is 2.28. The first-order chi connectivity index (χ1) is 9.88. The predicted molar refractivity (Wildman–Crippen MR) is 67.3 cm³/mol. The highest BCUT2D eigenvalue weighted by atomic mass is 19.2. The molecule has 1 aliphatic rings. The second-order valence-corrected chi connectivity index (χ2v) is 4.75. The molecule has 114 valence electrons. The average molecular weight is 302 g/mol. The van der Waals surface area contributed by atoms with E-state index in [1.54, 1.807) is 0 Å². The number of nitrogens with one attached hydrogen (secondary N) is 1. The van der Waals surface area contributed by atoms with Gasteiger partial charge >= 0.3 is 12.0 Å². The van der Waals surface area contributed by atoms with Gasteiger partial charge in [-0.2, -0.15) is 0 Å². The van der Waals surface area contributed by atoms with Crippen LogP contribution in [0, 0.1) is 17.5 Å². The molecular weight excluding hydrogens is 289 g/mol. The summed E-state index contributed by atoms with van der Waals surface area (Å²) in [5, 5.41) is 10.9. The Morgan fingerprint density at radius 3 is 2.29 bits per heavy atom. The fraction of sp³-hybridized carbons (Fsp3) is 0.385. The van der Waals surface area contributed by atoms with Crippen molar-refractivity contribution in [1.29, 1.82) is 0 Å². The molecule has 2 N–H and O–H groups in total. The second kappa shape index (κ2) is 6.02. The molecule has 0 unspecified atom stereocenters. The number of carboxylic acids is 1. The van der Waals surface area contributed by atoms with Gasteiger partial charge < -0.3 is 15.3 Å². The number of anilines is 1. The smallest absolute Gasteiger partial charge is 0.322 e. The van der Waals surface area contributed by atoms with Gasteiger partial charge in [0.2, 0.25) is 0 Å². The van der Waals surface area contributed by atoms with Crippen LogP contribution in [0.4, 0.5) is 23.7 Å². The third kappa shape index (κ3) is 3.87. The van der Waals surface area contributed by atoms with E-state index >= 15 is 0 Å². The molecule has 1 fully saturated rings. The van der Waals surface area contributed by atoms with Crippen LogP contribution in [0.2, 0.25) is 0 Å². The van der Waals surface area contributed by atoms with Crippen LogP contribution in [-0.4, -0.2) is 34.6 Å². The molecule has 0 atom stereocenters. The Morgan fingerprint density at radius 2 is 1.81 bits per heavy atom. The van der Waals surface area contributed by atoms with Crippen LogP contribution >= 0.6 is 0 Å². The van der Waals surface area contributed by atoms with Crippen LogP contribution in [0.1, 0.15) is 19.3 Å². The van der Waals surface area contributed by atoms with Gasteiger partial charge in [0.25, 0.3) is 0 Å². The summed E-state index contributed by atoms with van der Waals surface area (Å²) in [6.07, 6.45) is 1.27. The number of carboxylic acid groups (broad SMARTS) is 1. The predicted octanol–water partition coefficient (Wildman–Crippen LogP) is 2.57. The van der Waals surface area contributed by atoms with Gasteiger partial charge in [-0.3, -0.25) is 4.79 Å². The largest absolute Gasteiger partial charge is 0.481 e. The van der Waals surface area contributed by atoms with E-state index in [9.17, 15) is 22.8 Å². The van der Waals surface area contributed by atoms with E-state index in [1.807, 2.05) is 0 Å². The number of urea groups is 1. The van der Waals surface area contributed by atoms with Gasteiger partial charge in [0.05, 0.1) is 6.42 Å². The Balaban J connectivity index is 2.06. The molecule has 0 saturated heterocycles. The number of rotatable bonds is 5. The number of carbonyl (C=O) groups is 2. The molecule has 8 heteroatoms. The first-order valence-electron chi connectivity index (χ1n) is 6.32. The molecule has 1 aromatic rings. The summed E-state index contributed by atoms with van der Waals surface area (Å²) in [4.78, 5) is 23.9. The van der Waals surface area contributed by atoms with Gasteiger partial charge in [-0.05, 0) is 12.8 Å². The standard InChI is InChI=1S/C13H13F3N2O3/c14-9-5-7(6-10(15)12(9)16)17-13(21)18(8-1-2-8)4-3-11(19)20/h5-6,8H,1-4H2,(H,17,21)(H,19,20). The van der Waals surface area contributed by atoms with Crippen molar-refractivity contribution in [2.24, 2.45) is 0 Å². The summed E-state index contributed by atoms with van der Waals surface area (Å²) >= 11 is 0. The topological polar surface area (TPSA) is 69.6 Å². The van der Waals surface area contributed by atoms with Gasteiger partial charge in [-0.25, -0.2) is 18.0 Å². The van der Waals surface area contributed by atoms with Crippen molar-refractivity contribution in [2.75, 3.05) is 11.9 Å². The minimum absolute atomic E-state index is 0.00199. The lowest BCUT2D eigenvalue weighted by molar-refractivity contribution is -0.137. The molecule has 0 spiro atoms. The fourth-order valence-corrected chi connectivity index (χ4v) is 1.88. The molecule has 0 bridgehead atoms. The van der Waals surface area contributed by atoms with Crippen LogP contribution in [0.5, 0.6) is 0 Å². The molecular formula is C13H13F3N2O3. The second-order valence-electron chi connectivity index (χ2n) is 4.75. The van der Waals surface area contributed by atoms with E-state index in [4.69, 9.17) is 5.11 Å². The van der Waals surface area contributed by atoms with Crippen molar-refractivity contribution in [2.45, 2.75) is 25.3 Å². The summed E-state index contributed by atoms with van der Waals surface area (Å²) in [5.74, 6) is -5.48. The number of halogens is 3. The summed E-state index contributed by atoms with van der Waals surface area (Å²) in [6, 6.07) is 0.598. The lowest BCUT2D eigenvalue weighted by Crippen LogP contribution is -2.38. The minimum Gasteiger partial charge on any atom is -0.481 e. The van der Waals surface area contributed by atoms with Crippen LogP contribution in [0.15, 0.2) is 12.1 Å².